The Hall–Kier alpha value is -0.970. The monoisotopic (exact) mass is 314 g/mol. The van der Waals surface area contributed by atoms with Crippen LogP contribution in [0.25, 0.3) is 0 Å². The number of hydrogen-bond donors (Lipinski definition) is 0. The van der Waals surface area contributed by atoms with Crippen LogP contribution in [0.2, 0.25) is 0 Å². The Morgan fingerprint density at radius 2 is 1.43 bits per heavy atom. The van der Waals surface area contributed by atoms with Gasteiger partial charge in [0.15, 0.2) is 0 Å². The Balaban J connectivity index is 0.00000220. The first-order valence-corrected chi connectivity index (χ1v) is 7.54. The van der Waals surface area contributed by atoms with Crippen molar-refractivity contribution in [1.29, 1.82) is 0 Å². The normalized spacial score (nSPS) is 16.3. The van der Waals surface area contributed by atoms with Crippen LogP contribution in [0.1, 0.15) is 13.3 Å². The zero-order valence-electron chi connectivity index (χ0n) is 13.1. The maximum absolute atomic E-state index is 5.78. The molecule has 0 bridgehead atoms. The van der Waals surface area contributed by atoms with Crippen LogP contribution in [-0.4, -0.2) is 62.8 Å². The summed E-state index contributed by atoms with van der Waals surface area (Å²) in [6.45, 7) is 9.22. The van der Waals surface area contributed by atoms with Crippen LogP contribution in [0, 0.1) is 0 Å². The zero-order chi connectivity index (χ0) is 14.2. The van der Waals surface area contributed by atoms with Crippen molar-refractivity contribution in [3.63, 3.8) is 0 Å². The molecule has 5 heteroatoms. The number of hydrogen-bond acceptors (Lipinski definition) is 4. The first kappa shape index (κ1) is 18.1. The fraction of sp³-hybridized carbons (Fsp3) is 0.625. The van der Waals surface area contributed by atoms with Crippen molar-refractivity contribution in [3.8, 4) is 11.5 Å². The second-order valence-corrected chi connectivity index (χ2v) is 5.31. The number of rotatable bonds is 7. The quantitative estimate of drug-likeness (QED) is 0.772. The summed E-state index contributed by atoms with van der Waals surface area (Å²) in [6.07, 6.45) is 1.03. The van der Waals surface area contributed by atoms with Gasteiger partial charge in [-0.25, -0.2) is 0 Å². The van der Waals surface area contributed by atoms with Gasteiger partial charge in [0, 0.05) is 32.7 Å². The minimum Gasteiger partial charge on any atom is -0.494 e. The van der Waals surface area contributed by atoms with Gasteiger partial charge in [-0.15, -0.1) is 12.4 Å². The third-order valence-corrected chi connectivity index (χ3v) is 3.57. The van der Waals surface area contributed by atoms with Crippen LogP contribution >= 0.6 is 12.4 Å². The van der Waals surface area contributed by atoms with Gasteiger partial charge in [0.25, 0.3) is 0 Å². The lowest BCUT2D eigenvalue weighted by atomic mass is 10.3. The van der Waals surface area contributed by atoms with Crippen LogP contribution in [0.5, 0.6) is 11.5 Å². The molecule has 0 aliphatic carbocycles. The molecule has 0 aromatic heterocycles. The average Bonchev–Trinajstić information content (AvgIpc) is 2.48. The van der Waals surface area contributed by atoms with Gasteiger partial charge in [-0.3, -0.25) is 4.90 Å². The Morgan fingerprint density at radius 1 is 0.905 bits per heavy atom. The van der Waals surface area contributed by atoms with Gasteiger partial charge in [0.1, 0.15) is 18.1 Å². The summed E-state index contributed by atoms with van der Waals surface area (Å²) in [5.41, 5.74) is 0. The maximum atomic E-state index is 5.78. The van der Waals surface area contributed by atoms with Crippen LogP contribution in [-0.2, 0) is 0 Å². The van der Waals surface area contributed by atoms with Crippen molar-refractivity contribution >= 4 is 12.4 Å². The molecule has 0 radical (unpaired) electrons. The highest BCUT2D eigenvalue weighted by Crippen LogP contribution is 2.17. The number of ether oxygens (including phenoxy) is 2. The van der Waals surface area contributed by atoms with E-state index in [1.54, 1.807) is 0 Å². The van der Waals surface area contributed by atoms with Gasteiger partial charge in [-0.1, -0.05) is 6.92 Å². The molecule has 0 unspecified atom stereocenters. The standard InChI is InChI=1S/C16H26N2O2.ClH/c1-3-13-19-15-4-6-16(7-5-15)20-14-12-18-10-8-17(2)9-11-18;/h4-7H,3,8-14H2,1-2H3;1H. The van der Waals surface area contributed by atoms with Crippen molar-refractivity contribution in [1.82, 2.24) is 9.80 Å². The lowest BCUT2D eigenvalue weighted by Crippen LogP contribution is -2.45. The topological polar surface area (TPSA) is 24.9 Å². The van der Waals surface area contributed by atoms with E-state index < -0.39 is 0 Å². The SMILES string of the molecule is CCCOc1ccc(OCCN2CCN(C)CC2)cc1.Cl. The number of piperazine rings is 1. The fourth-order valence-electron chi connectivity index (χ4n) is 2.22. The molecule has 1 saturated heterocycles. The number of nitrogens with zero attached hydrogens (tertiary/aromatic N) is 2. The third kappa shape index (κ3) is 6.55. The second kappa shape index (κ2) is 9.87. The highest BCUT2D eigenvalue weighted by atomic mass is 35.5. The Bertz CT molecular complexity index is 378. The number of halogens is 1. The van der Waals surface area contributed by atoms with Gasteiger partial charge >= 0.3 is 0 Å². The lowest BCUT2D eigenvalue weighted by Gasteiger charge is -2.32. The average molecular weight is 315 g/mol. The first-order chi connectivity index (χ1) is 9.78. The third-order valence-electron chi connectivity index (χ3n) is 3.57. The smallest absolute Gasteiger partial charge is 0.119 e. The molecule has 1 aliphatic rings. The van der Waals surface area contributed by atoms with Crippen LogP contribution in [0.15, 0.2) is 24.3 Å². The molecule has 4 nitrogen and oxygen atoms in total. The van der Waals surface area contributed by atoms with E-state index in [4.69, 9.17) is 9.47 Å². The van der Waals surface area contributed by atoms with Crippen LogP contribution < -0.4 is 9.47 Å². The summed E-state index contributed by atoms with van der Waals surface area (Å²) in [5.74, 6) is 1.83. The Kier molecular flexibility index (Phi) is 8.50. The van der Waals surface area contributed by atoms with Gasteiger partial charge in [-0.2, -0.15) is 0 Å². The largest absolute Gasteiger partial charge is 0.494 e. The highest BCUT2D eigenvalue weighted by Gasteiger charge is 2.13. The van der Waals surface area contributed by atoms with Crippen molar-refractivity contribution in [2.75, 3.05) is 53.0 Å². The molecule has 1 fully saturated rings. The van der Waals surface area contributed by atoms with E-state index >= 15 is 0 Å². The molecule has 120 valence electrons. The zero-order valence-corrected chi connectivity index (χ0v) is 13.9. The van der Waals surface area contributed by atoms with E-state index in [1.165, 1.54) is 0 Å². The fourth-order valence-corrected chi connectivity index (χ4v) is 2.22. The molecule has 1 aromatic rings. The Morgan fingerprint density at radius 3 is 1.95 bits per heavy atom. The van der Waals surface area contributed by atoms with Gasteiger partial charge in [0.05, 0.1) is 6.61 Å². The predicted molar refractivity (Wildman–Crippen MR) is 88.9 cm³/mol. The molecule has 0 saturated carbocycles. The molecule has 0 amide bonds. The number of likely N-dealkylation sites (N-methyl/N-ethyl adjacent to an activating group) is 1. The van der Waals surface area contributed by atoms with E-state index in [9.17, 15) is 0 Å². The summed E-state index contributed by atoms with van der Waals surface area (Å²) in [6, 6.07) is 7.91. The van der Waals surface area contributed by atoms with Crippen molar-refractivity contribution in [3.05, 3.63) is 24.3 Å². The van der Waals surface area contributed by atoms with Crippen LogP contribution in [0.4, 0.5) is 0 Å². The summed E-state index contributed by atoms with van der Waals surface area (Å²) >= 11 is 0. The van der Waals surface area contributed by atoms with E-state index in [-0.39, 0.29) is 12.4 Å². The summed E-state index contributed by atoms with van der Waals surface area (Å²) < 4.78 is 11.3. The lowest BCUT2D eigenvalue weighted by molar-refractivity contribution is 0.133. The molecule has 0 atom stereocenters. The highest BCUT2D eigenvalue weighted by molar-refractivity contribution is 5.85. The summed E-state index contributed by atoms with van der Waals surface area (Å²) in [5, 5.41) is 0. The molecule has 2 rings (SSSR count). The van der Waals surface area contributed by atoms with Gasteiger partial charge < -0.3 is 14.4 Å². The van der Waals surface area contributed by atoms with E-state index in [0.717, 1.165) is 63.9 Å². The predicted octanol–water partition coefficient (Wildman–Crippen LogP) is 2.52. The van der Waals surface area contributed by atoms with Crippen molar-refractivity contribution in [2.24, 2.45) is 0 Å². The van der Waals surface area contributed by atoms with Gasteiger partial charge in [0.2, 0.25) is 0 Å². The van der Waals surface area contributed by atoms with E-state index in [2.05, 4.69) is 23.8 Å². The van der Waals surface area contributed by atoms with Gasteiger partial charge in [-0.05, 0) is 37.7 Å². The summed E-state index contributed by atoms with van der Waals surface area (Å²) in [4.78, 5) is 4.82. The summed E-state index contributed by atoms with van der Waals surface area (Å²) in [7, 11) is 2.18. The maximum Gasteiger partial charge on any atom is 0.119 e. The first-order valence-electron chi connectivity index (χ1n) is 7.54. The molecule has 21 heavy (non-hydrogen) atoms. The number of benzene rings is 1. The Labute approximate surface area is 134 Å². The van der Waals surface area contributed by atoms with E-state index in [1.807, 2.05) is 24.3 Å². The van der Waals surface area contributed by atoms with E-state index in [0.29, 0.717) is 0 Å². The molecule has 1 aliphatic heterocycles. The molecule has 0 spiro atoms. The molecule has 1 aromatic carbocycles. The van der Waals surface area contributed by atoms with Crippen molar-refractivity contribution < 1.29 is 9.47 Å². The van der Waals surface area contributed by atoms with Crippen LogP contribution in [0.3, 0.4) is 0 Å². The second-order valence-electron chi connectivity index (χ2n) is 5.31. The molecular weight excluding hydrogens is 288 g/mol. The minimum absolute atomic E-state index is 0. The molecule has 1 heterocycles. The minimum atomic E-state index is 0. The molecular formula is C16H27ClN2O2. The molecule has 0 N–H and O–H groups in total. The van der Waals surface area contributed by atoms with Crippen molar-refractivity contribution in [2.45, 2.75) is 13.3 Å².